The van der Waals surface area contributed by atoms with E-state index in [2.05, 4.69) is 10.3 Å². The van der Waals surface area contributed by atoms with Crippen LogP contribution in [-0.4, -0.2) is 32.3 Å². The molecule has 1 aromatic heterocycles. The van der Waals surface area contributed by atoms with E-state index in [4.69, 9.17) is 9.84 Å². The van der Waals surface area contributed by atoms with Crippen molar-refractivity contribution in [3.63, 3.8) is 0 Å². The van der Waals surface area contributed by atoms with Crippen molar-refractivity contribution in [3.8, 4) is 0 Å². The quantitative estimate of drug-likeness (QED) is 0.863. The first kappa shape index (κ1) is 15.0. The van der Waals surface area contributed by atoms with E-state index in [1.54, 1.807) is 44.9 Å². The molecule has 0 aliphatic rings. The Bertz CT molecular complexity index is 462. The van der Waals surface area contributed by atoms with Crippen LogP contribution in [0, 0.1) is 0 Å². The molecular weight excluding hydrogens is 250 g/mol. The Labute approximate surface area is 111 Å². The van der Waals surface area contributed by atoms with Gasteiger partial charge in [-0.2, -0.15) is 0 Å². The van der Waals surface area contributed by atoms with Crippen molar-refractivity contribution >= 4 is 12.1 Å². The Kier molecular flexibility index (Phi) is 4.52. The molecule has 1 unspecified atom stereocenters. The van der Waals surface area contributed by atoms with Gasteiger partial charge in [-0.15, -0.1) is 0 Å². The molecule has 106 valence electrons. The fourth-order valence-corrected chi connectivity index (χ4v) is 1.47. The van der Waals surface area contributed by atoms with Gasteiger partial charge in [0.25, 0.3) is 0 Å². The first-order valence-corrected chi connectivity index (χ1v) is 5.86. The second-order valence-corrected chi connectivity index (χ2v) is 5.26. The fourth-order valence-electron chi connectivity index (χ4n) is 1.47. The number of nitrogens with zero attached hydrogens (tertiary/aromatic N) is 2. The van der Waals surface area contributed by atoms with Crippen LogP contribution in [0.3, 0.4) is 0 Å². The predicted octanol–water partition coefficient (Wildman–Crippen LogP) is 1.46. The van der Waals surface area contributed by atoms with E-state index in [0.29, 0.717) is 5.69 Å². The summed E-state index contributed by atoms with van der Waals surface area (Å²) in [7, 11) is 1.77. The molecule has 0 aliphatic heterocycles. The Morgan fingerprint density at radius 2 is 2.16 bits per heavy atom. The summed E-state index contributed by atoms with van der Waals surface area (Å²) in [5, 5.41) is 11.4. The number of ether oxygens (including phenoxy) is 1. The minimum atomic E-state index is -1.02. The summed E-state index contributed by atoms with van der Waals surface area (Å²) in [5.74, 6) is -1.02. The molecule has 7 heteroatoms. The van der Waals surface area contributed by atoms with E-state index >= 15 is 0 Å². The number of carbonyl (C=O) groups excluding carboxylic acids is 1. The third-order valence-corrected chi connectivity index (χ3v) is 2.15. The van der Waals surface area contributed by atoms with Gasteiger partial charge < -0.3 is 19.7 Å². The summed E-state index contributed by atoms with van der Waals surface area (Å²) in [6.45, 7) is 5.21. The van der Waals surface area contributed by atoms with Crippen molar-refractivity contribution < 1.29 is 19.4 Å². The maximum Gasteiger partial charge on any atom is 0.408 e. The first-order chi connectivity index (χ1) is 8.67. The summed E-state index contributed by atoms with van der Waals surface area (Å²) in [6, 6.07) is -0.714. The van der Waals surface area contributed by atoms with Crippen molar-refractivity contribution in [1.82, 2.24) is 14.9 Å². The smallest absolute Gasteiger partial charge is 0.408 e. The van der Waals surface area contributed by atoms with Crippen molar-refractivity contribution in [1.29, 1.82) is 0 Å². The molecule has 1 amide bonds. The maximum atomic E-state index is 11.7. The average molecular weight is 269 g/mol. The molecule has 2 N–H and O–H groups in total. The number of aromatic nitrogens is 2. The number of carboxylic acids is 1. The molecule has 1 rings (SSSR count). The number of aryl methyl sites for hydroxylation is 1. The maximum absolute atomic E-state index is 11.7. The van der Waals surface area contributed by atoms with Crippen LogP contribution < -0.4 is 5.32 Å². The number of amides is 1. The van der Waals surface area contributed by atoms with Gasteiger partial charge in [0.15, 0.2) is 0 Å². The largest absolute Gasteiger partial charge is 0.481 e. The summed E-state index contributed by atoms with van der Waals surface area (Å²) in [6.07, 6.45) is 2.28. The van der Waals surface area contributed by atoms with Crippen LogP contribution in [0.15, 0.2) is 12.5 Å². The molecule has 0 aromatic carbocycles. The normalized spacial score (nSPS) is 12.8. The van der Waals surface area contributed by atoms with Crippen LogP contribution in [0.5, 0.6) is 0 Å². The van der Waals surface area contributed by atoms with E-state index < -0.39 is 23.7 Å². The Balaban J connectivity index is 2.76. The lowest BCUT2D eigenvalue weighted by atomic mass is 10.1. The Hall–Kier alpha value is -2.05. The number of aliphatic carboxylic acids is 1. The molecule has 0 bridgehead atoms. The van der Waals surface area contributed by atoms with Crippen LogP contribution in [0.25, 0.3) is 0 Å². The molecule has 1 aromatic rings. The van der Waals surface area contributed by atoms with E-state index in [1.807, 2.05) is 0 Å². The molecule has 1 atom stereocenters. The third kappa shape index (κ3) is 5.41. The van der Waals surface area contributed by atoms with E-state index in [-0.39, 0.29) is 6.42 Å². The number of nitrogens with one attached hydrogen (secondary N) is 1. The first-order valence-electron chi connectivity index (χ1n) is 5.86. The molecular formula is C12H19N3O4. The zero-order chi connectivity index (χ0) is 14.6. The third-order valence-electron chi connectivity index (χ3n) is 2.15. The molecule has 0 saturated heterocycles. The number of carbonyl (C=O) groups is 2. The van der Waals surface area contributed by atoms with Crippen molar-refractivity contribution in [2.45, 2.75) is 38.8 Å². The second-order valence-electron chi connectivity index (χ2n) is 5.26. The van der Waals surface area contributed by atoms with Crippen LogP contribution >= 0.6 is 0 Å². The number of alkyl carbamates (subject to hydrolysis) is 1. The van der Waals surface area contributed by atoms with Gasteiger partial charge >= 0.3 is 12.1 Å². The van der Waals surface area contributed by atoms with Gasteiger partial charge in [-0.1, -0.05) is 0 Å². The zero-order valence-corrected chi connectivity index (χ0v) is 11.5. The summed E-state index contributed by atoms with van der Waals surface area (Å²) >= 11 is 0. The fraction of sp³-hybridized carbons (Fsp3) is 0.583. The van der Waals surface area contributed by atoms with Crippen molar-refractivity contribution in [2.24, 2.45) is 7.05 Å². The number of hydrogen-bond donors (Lipinski definition) is 2. The standard InChI is InChI=1S/C12H19N3O4/c1-12(2,3)19-11(18)14-8(5-10(16)17)9-6-15(4)7-13-9/h6-8H,5H2,1-4H3,(H,14,18)(H,16,17). The molecule has 0 fully saturated rings. The van der Waals surface area contributed by atoms with E-state index in [0.717, 1.165) is 0 Å². The Morgan fingerprint density at radius 1 is 1.53 bits per heavy atom. The lowest BCUT2D eigenvalue weighted by Crippen LogP contribution is -2.36. The zero-order valence-electron chi connectivity index (χ0n) is 11.5. The van der Waals surface area contributed by atoms with Crippen LogP contribution in [0.1, 0.15) is 38.9 Å². The summed E-state index contributed by atoms with van der Waals surface area (Å²) < 4.78 is 6.78. The number of hydrogen-bond acceptors (Lipinski definition) is 4. The predicted molar refractivity (Wildman–Crippen MR) is 67.6 cm³/mol. The van der Waals surface area contributed by atoms with Gasteiger partial charge in [0.05, 0.1) is 24.5 Å². The van der Waals surface area contributed by atoms with Crippen molar-refractivity contribution in [3.05, 3.63) is 18.2 Å². The monoisotopic (exact) mass is 269 g/mol. The van der Waals surface area contributed by atoms with Gasteiger partial charge in [-0.3, -0.25) is 4.79 Å². The lowest BCUT2D eigenvalue weighted by Gasteiger charge is -2.22. The molecule has 7 nitrogen and oxygen atoms in total. The number of rotatable bonds is 4. The summed E-state index contributed by atoms with van der Waals surface area (Å²) in [5.41, 5.74) is -0.155. The Morgan fingerprint density at radius 3 is 2.58 bits per heavy atom. The van der Waals surface area contributed by atoms with Crippen molar-refractivity contribution in [2.75, 3.05) is 0 Å². The highest BCUT2D eigenvalue weighted by Gasteiger charge is 2.23. The van der Waals surface area contributed by atoms with Gasteiger partial charge in [0, 0.05) is 13.2 Å². The highest BCUT2D eigenvalue weighted by molar-refractivity contribution is 5.71. The average Bonchev–Trinajstić information content (AvgIpc) is 2.60. The lowest BCUT2D eigenvalue weighted by molar-refractivity contribution is -0.137. The molecule has 1 heterocycles. The van der Waals surface area contributed by atoms with Gasteiger partial charge in [-0.25, -0.2) is 9.78 Å². The van der Waals surface area contributed by atoms with Gasteiger partial charge in [0.2, 0.25) is 0 Å². The van der Waals surface area contributed by atoms with Crippen LogP contribution in [-0.2, 0) is 16.6 Å². The minimum Gasteiger partial charge on any atom is -0.481 e. The minimum absolute atomic E-state index is 0.254. The van der Waals surface area contributed by atoms with Crippen LogP contribution in [0.4, 0.5) is 4.79 Å². The van der Waals surface area contributed by atoms with Gasteiger partial charge in [-0.05, 0) is 20.8 Å². The molecule has 0 radical (unpaired) electrons. The highest BCUT2D eigenvalue weighted by atomic mass is 16.6. The van der Waals surface area contributed by atoms with E-state index in [1.165, 1.54) is 0 Å². The number of carboxylic acid groups (broad SMARTS) is 1. The number of imidazole rings is 1. The van der Waals surface area contributed by atoms with E-state index in [9.17, 15) is 9.59 Å². The molecule has 0 spiro atoms. The molecule has 19 heavy (non-hydrogen) atoms. The molecule has 0 aliphatic carbocycles. The SMILES string of the molecule is Cn1cnc(C(CC(=O)O)NC(=O)OC(C)(C)C)c1. The van der Waals surface area contributed by atoms with Crippen LogP contribution in [0.2, 0.25) is 0 Å². The highest BCUT2D eigenvalue weighted by Crippen LogP contribution is 2.16. The van der Waals surface area contributed by atoms with Gasteiger partial charge in [0.1, 0.15) is 5.60 Å². The summed E-state index contributed by atoms with van der Waals surface area (Å²) in [4.78, 5) is 26.5. The molecule has 0 saturated carbocycles. The topological polar surface area (TPSA) is 93.5 Å². The second kappa shape index (κ2) is 5.73.